The van der Waals surface area contributed by atoms with Crippen molar-refractivity contribution in [3.05, 3.63) is 29.8 Å². The lowest BCUT2D eigenvalue weighted by atomic mass is 9.99. The molecule has 2 rings (SSSR count). The van der Waals surface area contributed by atoms with Crippen LogP contribution in [0.3, 0.4) is 0 Å². The number of ether oxygens (including phenoxy) is 1. The number of aryl methyl sites for hydroxylation is 1. The molecule has 0 bridgehead atoms. The van der Waals surface area contributed by atoms with Crippen LogP contribution in [-0.4, -0.2) is 41.7 Å². The second kappa shape index (κ2) is 8.03. The molecule has 1 unspecified atom stereocenters. The number of aliphatic hydroxyl groups is 1. The number of hydrogen-bond donors (Lipinski definition) is 1. The molecular formula is C17H25NO3. The smallest absolute Gasteiger partial charge is 0.226 e. The number of likely N-dealkylation sites (tertiary alicyclic amines) is 1. The number of aliphatic hydroxyl groups excluding tert-OH is 1. The molecule has 1 aromatic rings. The Morgan fingerprint density at radius 2 is 2.29 bits per heavy atom. The minimum Gasteiger partial charge on any atom is -0.493 e. The van der Waals surface area contributed by atoms with Gasteiger partial charge in [0.2, 0.25) is 5.91 Å². The lowest BCUT2D eigenvalue weighted by molar-refractivity contribution is -0.135. The van der Waals surface area contributed by atoms with Crippen molar-refractivity contribution in [1.82, 2.24) is 4.90 Å². The Labute approximate surface area is 126 Å². The number of benzene rings is 1. The number of piperidine rings is 1. The van der Waals surface area contributed by atoms with Crippen LogP contribution in [-0.2, 0) is 4.79 Å². The predicted molar refractivity (Wildman–Crippen MR) is 82.3 cm³/mol. The van der Waals surface area contributed by atoms with Gasteiger partial charge >= 0.3 is 0 Å². The van der Waals surface area contributed by atoms with Gasteiger partial charge < -0.3 is 14.7 Å². The summed E-state index contributed by atoms with van der Waals surface area (Å²) < 4.78 is 5.65. The lowest BCUT2D eigenvalue weighted by Gasteiger charge is -2.35. The Balaban J connectivity index is 1.80. The maximum absolute atomic E-state index is 12.3. The standard InChI is InChI=1S/C17H25NO3/c1-14-5-4-7-16(13-14)21-12-9-17(20)18-10-3-2-6-15(18)8-11-19/h4-5,7,13,15,19H,2-3,6,8-12H2,1H3. The summed E-state index contributed by atoms with van der Waals surface area (Å²) >= 11 is 0. The molecule has 0 aliphatic carbocycles. The van der Waals surface area contributed by atoms with Gasteiger partial charge in [-0.25, -0.2) is 0 Å². The van der Waals surface area contributed by atoms with Crippen LogP contribution in [0.15, 0.2) is 24.3 Å². The fourth-order valence-electron chi connectivity index (χ4n) is 2.88. The summed E-state index contributed by atoms with van der Waals surface area (Å²) in [5.41, 5.74) is 1.15. The van der Waals surface area contributed by atoms with Crippen molar-refractivity contribution < 1.29 is 14.6 Å². The highest BCUT2D eigenvalue weighted by atomic mass is 16.5. The highest BCUT2D eigenvalue weighted by Gasteiger charge is 2.25. The van der Waals surface area contributed by atoms with Crippen molar-refractivity contribution in [2.45, 2.75) is 45.1 Å². The molecule has 1 aliphatic heterocycles. The van der Waals surface area contributed by atoms with E-state index in [1.807, 2.05) is 36.1 Å². The third-order valence-corrected chi connectivity index (χ3v) is 3.98. The van der Waals surface area contributed by atoms with Gasteiger partial charge in [0.25, 0.3) is 0 Å². The van der Waals surface area contributed by atoms with Gasteiger partial charge in [-0.15, -0.1) is 0 Å². The predicted octanol–water partition coefficient (Wildman–Crippen LogP) is 2.53. The average Bonchev–Trinajstić information content (AvgIpc) is 2.48. The topological polar surface area (TPSA) is 49.8 Å². The molecule has 0 saturated carbocycles. The van der Waals surface area contributed by atoms with Crippen molar-refractivity contribution in [3.63, 3.8) is 0 Å². The summed E-state index contributed by atoms with van der Waals surface area (Å²) in [7, 11) is 0. The molecule has 4 heteroatoms. The number of rotatable bonds is 6. The van der Waals surface area contributed by atoms with Gasteiger partial charge in [-0.2, -0.15) is 0 Å². The Morgan fingerprint density at radius 1 is 1.43 bits per heavy atom. The third-order valence-electron chi connectivity index (χ3n) is 3.98. The Kier molecular flexibility index (Phi) is 6.05. The van der Waals surface area contributed by atoms with Crippen LogP contribution < -0.4 is 4.74 Å². The third kappa shape index (κ3) is 4.74. The van der Waals surface area contributed by atoms with Gasteiger partial charge in [0.1, 0.15) is 5.75 Å². The first-order valence-corrected chi connectivity index (χ1v) is 7.80. The molecule has 1 atom stereocenters. The van der Waals surface area contributed by atoms with Crippen LogP contribution >= 0.6 is 0 Å². The first kappa shape index (κ1) is 15.8. The van der Waals surface area contributed by atoms with E-state index in [0.29, 0.717) is 19.4 Å². The fraction of sp³-hybridized carbons (Fsp3) is 0.588. The van der Waals surface area contributed by atoms with E-state index in [0.717, 1.165) is 37.1 Å². The van der Waals surface area contributed by atoms with E-state index in [1.54, 1.807) is 0 Å². The van der Waals surface area contributed by atoms with Crippen molar-refractivity contribution in [3.8, 4) is 5.75 Å². The number of carbonyl (C=O) groups excluding carboxylic acids is 1. The highest BCUT2D eigenvalue weighted by molar-refractivity contribution is 5.76. The van der Waals surface area contributed by atoms with Crippen LogP contribution in [0.1, 0.15) is 37.7 Å². The van der Waals surface area contributed by atoms with Gasteiger partial charge in [-0.05, 0) is 50.3 Å². The van der Waals surface area contributed by atoms with E-state index in [4.69, 9.17) is 9.84 Å². The number of nitrogens with zero attached hydrogens (tertiary/aromatic N) is 1. The van der Waals surface area contributed by atoms with Gasteiger partial charge in [-0.1, -0.05) is 12.1 Å². The molecule has 1 amide bonds. The number of hydrogen-bond acceptors (Lipinski definition) is 3. The van der Waals surface area contributed by atoms with Gasteiger partial charge in [0.05, 0.1) is 13.0 Å². The van der Waals surface area contributed by atoms with Crippen LogP contribution in [0.2, 0.25) is 0 Å². The zero-order valence-corrected chi connectivity index (χ0v) is 12.8. The maximum Gasteiger partial charge on any atom is 0.226 e. The van der Waals surface area contributed by atoms with E-state index in [9.17, 15) is 4.79 Å². The van der Waals surface area contributed by atoms with Gasteiger partial charge in [0.15, 0.2) is 0 Å². The summed E-state index contributed by atoms with van der Waals surface area (Å²) in [6, 6.07) is 8.06. The molecule has 1 saturated heterocycles. The van der Waals surface area contributed by atoms with E-state index < -0.39 is 0 Å². The normalized spacial score (nSPS) is 18.6. The largest absolute Gasteiger partial charge is 0.493 e. The summed E-state index contributed by atoms with van der Waals surface area (Å²) in [6.07, 6.45) is 4.30. The zero-order chi connectivity index (χ0) is 15.1. The first-order valence-electron chi connectivity index (χ1n) is 7.80. The summed E-state index contributed by atoms with van der Waals surface area (Å²) in [4.78, 5) is 14.2. The Hall–Kier alpha value is -1.55. The Morgan fingerprint density at radius 3 is 3.05 bits per heavy atom. The molecule has 4 nitrogen and oxygen atoms in total. The van der Waals surface area contributed by atoms with Gasteiger partial charge in [0, 0.05) is 19.2 Å². The van der Waals surface area contributed by atoms with Crippen molar-refractivity contribution in [1.29, 1.82) is 0 Å². The molecule has 1 aromatic carbocycles. The summed E-state index contributed by atoms with van der Waals surface area (Å²) in [5.74, 6) is 0.953. The van der Waals surface area contributed by atoms with E-state index in [1.165, 1.54) is 0 Å². The number of amides is 1. The zero-order valence-electron chi connectivity index (χ0n) is 12.8. The summed E-state index contributed by atoms with van der Waals surface area (Å²) in [6.45, 7) is 3.39. The number of carbonyl (C=O) groups is 1. The van der Waals surface area contributed by atoms with Crippen LogP contribution in [0, 0.1) is 6.92 Å². The molecule has 21 heavy (non-hydrogen) atoms. The first-order chi connectivity index (χ1) is 10.2. The fourth-order valence-corrected chi connectivity index (χ4v) is 2.88. The quantitative estimate of drug-likeness (QED) is 0.876. The van der Waals surface area contributed by atoms with Gasteiger partial charge in [-0.3, -0.25) is 4.79 Å². The molecule has 116 valence electrons. The lowest BCUT2D eigenvalue weighted by Crippen LogP contribution is -2.44. The SMILES string of the molecule is Cc1cccc(OCCC(=O)N2CCCCC2CCO)c1. The van der Waals surface area contributed by atoms with Crippen molar-refractivity contribution >= 4 is 5.91 Å². The molecule has 1 fully saturated rings. The highest BCUT2D eigenvalue weighted by Crippen LogP contribution is 2.20. The molecule has 0 spiro atoms. The molecule has 1 aliphatic rings. The molecule has 0 radical (unpaired) electrons. The maximum atomic E-state index is 12.3. The van der Waals surface area contributed by atoms with E-state index in [2.05, 4.69) is 0 Å². The second-order valence-electron chi connectivity index (χ2n) is 5.66. The molecule has 1 heterocycles. The Bertz CT molecular complexity index is 459. The molecule has 1 N–H and O–H groups in total. The van der Waals surface area contributed by atoms with Crippen LogP contribution in [0.5, 0.6) is 5.75 Å². The van der Waals surface area contributed by atoms with Crippen LogP contribution in [0.4, 0.5) is 0 Å². The summed E-state index contributed by atoms with van der Waals surface area (Å²) in [5, 5.41) is 9.11. The van der Waals surface area contributed by atoms with Crippen LogP contribution in [0.25, 0.3) is 0 Å². The van der Waals surface area contributed by atoms with E-state index in [-0.39, 0.29) is 18.6 Å². The minimum absolute atomic E-state index is 0.140. The van der Waals surface area contributed by atoms with E-state index >= 15 is 0 Å². The molecular weight excluding hydrogens is 266 g/mol. The van der Waals surface area contributed by atoms with Crippen molar-refractivity contribution in [2.24, 2.45) is 0 Å². The minimum atomic E-state index is 0.140. The second-order valence-corrected chi connectivity index (χ2v) is 5.66. The molecule has 0 aromatic heterocycles. The average molecular weight is 291 g/mol. The van der Waals surface area contributed by atoms with Crippen molar-refractivity contribution in [2.75, 3.05) is 19.8 Å². The monoisotopic (exact) mass is 291 g/mol.